The van der Waals surface area contributed by atoms with Crippen LogP contribution in [-0.4, -0.2) is 19.5 Å². The Morgan fingerprint density at radius 2 is 1.06 bits per heavy atom. The predicted molar refractivity (Wildman–Crippen MR) is 216 cm³/mol. The van der Waals surface area contributed by atoms with Gasteiger partial charge in [0.2, 0.25) is 6.17 Å². The normalized spacial score (nSPS) is 13.5. The van der Waals surface area contributed by atoms with Crippen molar-refractivity contribution in [1.82, 2.24) is 24.1 Å². The van der Waals surface area contributed by atoms with Crippen molar-refractivity contribution in [3.05, 3.63) is 211 Å². The summed E-state index contributed by atoms with van der Waals surface area (Å²) in [6.45, 7) is 0. The molecule has 254 valence electrons. The zero-order chi connectivity index (χ0) is 35.8. The van der Waals surface area contributed by atoms with Crippen LogP contribution in [0.15, 0.2) is 199 Å². The van der Waals surface area contributed by atoms with Gasteiger partial charge in [0.05, 0.1) is 5.69 Å². The van der Waals surface area contributed by atoms with Gasteiger partial charge in [-0.25, -0.2) is 15.0 Å². The van der Waals surface area contributed by atoms with E-state index in [1.807, 2.05) is 48.8 Å². The highest BCUT2D eigenvalue weighted by Gasteiger charge is 2.30. The maximum absolute atomic E-state index is 5.19. The average molecular weight is 694 g/mol. The highest BCUT2D eigenvalue weighted by Crippen LogP contribution is 2.36. The fraction of sp³-hybridized carbons (Fsp3) is 0.0208. The maximum atomic E-state index is 5.19. The number of aromatic nitrogens is 4. The first-order valence-electron chi connectivity index (χ1n) is 18.1. The van der Waals surface area contributed by atoms with Gasteiger partial charge in [0.15, 0.2) is 11.0 Å². The molecule has 6 heteroatoms. The minimum Gasteiger partial charge on any atom is -0.276 e. The second-order valence-electron chi connectivity index (χ2n) is 13.3. The molecule has 0 radical (unpaired) electrons. The Kier molecular flexibility index (Phi) is 7.77. The number of hydrogen-bond acceptors (Lipinski definition) is 4. The van der Waals surface area contributed by atoms with Crippen LogP contribution in [0, 0.1) is 0 Å². The lowest BCUT2D eigenvalue weighted by molar-refractivity contribution is 0.585. The van der Waals surface area contributed by atoms with Crippen LogP contribution in [0.25, 0.3) is 61.6 Å². The van der Waals surface area contributed by atoms with Crippen LogP contribution in [0.3, 0.4) is 0 Å². The van der Waals surface area contributed by atoms with Gasteiger partial charge in [-0.15, -0.1) is 0 Å². The molecule has 4 heterocycles. The van der Waals surface area contributed by atoms with Crippen molar-refractivity contribution in [2.24, 2.45) is 4.99 Å². The lowest BCUT2D eigenvalue weighted by Gasteiger charge is -2.16. The number of nitrogens with zero attached hydrogens (tertiary/aromatic N) is 6. The van der Waals surface area contributed by atoms with E-state index >= 15 is 0 Å². The molecule has 9 aromatic rings. The van der Waals surface area contributed by atoms with Crippen LogP contribution in [0.2, 0.25) is 0 Å². The third kappa shape index (κ3) is 5.49. The summed E-state index contributed by atoms with van der Waals surface area (Å²) in [5.41, 5.74) is 13.6. The fourth-order valence-corrected chi connectivity index (χ4v) is 7.52. The second kappa shape index (κ2) is 13.3. The highest BCUT2D eigenvalue weighted by atomic mass is 15.2. The van der Waals surface area contributed by atoms with Crippen LogP contribution in [-0.2, 0) is 0 Å². The summed E-state index contributed by atoms with van der Waals surface area (Å²) in [5.74, 6) is 0.848. The standard InChI is InChI=1S/C48H33N6/c1-3-13-35(14-4-1)39-17-7-9-21-43(39)53-45(51-41-19-11-31-49-47(41)53)37-27-23-33(24-28-37)34-25-29-38(30-26-34)46-52-42-20-12-32-50-48(42)54(46)44-22-10-8-18-40(44)36-15-5-2-6-16-36/h1-32,45H/q+1. The Morgan fingerprint density at radius 3 is 1.81 bits per heavy atom. The third-order valence-electron chi connectivity index (χ3n) is 10.1. The van der Waals surface area contributed by atoms with E-state index in [0.29, 0.717) is 0 Å². The van der Waals surface area contributed by atoms with Gasteiger partial charge < -0.3 is 0 Å². The average Bonchev–Trinajstić information content (AvgIpc) is 3.84. The Hall–Kier alpha value is -7.31. The molecule has 10 rings (SSSR count). The van der Waals surface area contributed by atoms with E-state index in [2.05, 4.69) is 155 Å². The number of fused-ring (bicyclic) bond motifs is 2. The number of imidazole rings is 1. The molecule has 1 aliphatic heterocycles. The zero-order valence-electron chi connectivity index (χ0n) is 29.2. The van der Waals surface area contributed by atoms with Gasteiger partial charge in [-0.3, -0.25) is 4.57 Å². The smallest absolute Gasteiger partial charge is 0.276 e. The largest absolute Gasteiger partial charge is 0.351 e. The van der Waals surface area contributed by atoms with E-state index in [0.717, 1.165) is 83.7 Å². The first-order valence-corrected chi connectivity index (χ1v) is 18.1. The molecule has 0 saturated carbocycles. The van der Waals surface area contributed by atoms with E-state index in [4.69, 9.17) is 19.9 Å². The van der Waals surface area contributed by atoms with Crippen LogP contribution >= 0.6 is 0 Å². The lowest BCUT2D eigenvalue weighted by atomic mass is 10.0. The first kappa shape index (κ1) is 31.4. The summed E-state index contributed by atoms with van der Waals surface area (Å²) in [6, 6.07) is 63.3. The Morgan fingerprint density at radius 1 is 0.463 bits per heavy atom. The second-order valence-corrected chi connectivity index (χ2v) is 13.3. The van der Waals surface area contributed by atoms with Crippen LogP contribution in [0.5, 0.6) is 0 Å². The Balaban J connectivity index is 1.01. The molecule has 1 atom stereocenters. The molecule has 0 aliphatic carbocycles. The molecule has 6 aromatic carbocycles. The minimum atomic E-state index is -0.253. The first-order chi connectivity index (χ1) is 26.8. The van der Waals surface area contributed by atoms with Gasteiger partial charge in [0.25, 0.3) is 0 Å². The molecule has 0 amide bonds. The van der Waals surface area contributed by atoms with Gasteiger partial charge in [0, 0.05) is 28.5 Å². The number of pyridine rings is 2. The van der Waals surface area contributed by atoms with E-state index in [-0.39, 0.29) is 6.17 Å². The lowest BCUT2D eigenvalue weighted by Crippen LogP contribution is -2.35. The van der Waals surface area contributed by atoms with Crippen molar-refractivity contribution < 1.29 is 0 Å². The van der Waals surface area contributed by atoms with Crippen LogP contribution in [0.4, 0.5) is 5.69 Å². The van der Waals surface area contributed by atoms with Crippen LogP contribution in [0.1, 0.15) is 11.7 Å². The summed E-state index contributed by atoms with van der Waals surface area (Å²) >= 11 is 0. The molecular formula is C48H33N6+. The van der Waals surface area contributed by atoms with Crippen molar-refractivity contribution in [1.29, 1.82) is 0 Å². The highest BCUT2D eigenvalue weighted by molar-refractivity contribution is 5.84. The summed E-state index contributed by atoms with van der Waals surface area (Å²) in [5, 5.41) is 0.887. The summed E-state index contributed by atoms with van der Waals surface area (Å²) in [6.07, 6.45) is 3.42. The fourth-order valence-electron chi connectivity index (χ4n) is 7.52. The third-order valence-corrected chi connectivity index (χ3v) is 10.1. The summed E-state index contributed by atoms with van der Waals surface area (Å²) in [7, 11) is 0. The van der Waals surface area contributed by atoms with Gasteiger partial charge in [-0.2, -0.15) is 4.58 Å². The quantitative estimate of drug-likeness (QED) is 0.156. The van der Waals surface area contributed by atoms with Crippen molar-refractivity contribution in [3.8, 4) is 50.5 Å². The van der Waals surface area contributed by atoms with Crippen LogP contribution < -0.4 is 15.4 Å². The molecule has 3 aromatic heterocycles. The molecule has 0 fully saturated rings. The number of para-hydroxylation sites is 2. The topological polar surface area (TPSA) is 59.0 Å². The number of benzene rings is 6. The number of hydrogen-bond donors (Lipinski definition) is 0. The van der Waals surface area contributed by atoms with Crippen molar-refractivity contribution in [2.75, 3.05) is 0 Å². The zero-order valence-corrected chi connectivity index (χ0v) is 29.2. The predicted octanol–water partition coefficient (Wildman–Crippen LogP) is 9.64. The Bertz CT molecular complexity index is 2920. The molecule has 0 saturated heterocycles. The monoisotopic (exact) mass is 693 g/mol. The maximum Gasteiger partial charge on any atom is 0.351 e. The summed E-state index contributed by atoms with van der Waals surface area (Å²) in [4.78, 5) is 19.9. The molecule has 6 nitrogen and oxygen atoms in total. The minimum absolute atomic E-state index is 0.253. The van der Waals surface area contributed by atoms with Gasteiger partial charge in [0.1, 0.15) is 23.2 Å². The van der Waals surface area contributed by atoms with E-state index in [9.17, 15) is 0 Å². The van der Waals surface area contributed by atoms with E-state index in [1.165, 1.54) is 0 Å². The molecular weight excluding hydrogens is 661 g/mol. The van der Waals surface area contributed by atoms with E-state index in [1.54, 1.807) is 0 Å². The van der Waals surface area contributed by atoms with Gasteiger partial charge in [-0.05, 0) is 63.6 Å². The van der Waals surface area contributed by atoms with Crippen molar-refractivity contribution in [2.45, 2.75) is 6.17 Å². The van der Waals surface area contributed by atoms with Crippen molar-refractivity contribution in [3.63, 3.8) is 0 Å². The molecule has 1 aliphatic rings. The van der Waals surface area contributed by atoms with E-state index < -0.39 is 0 Å². The molecule has 1 unspecified atom stereocenters. The van der Waals surface area contributed by atoms with Gasteiger partial charge >= 0.3 is 5.49 Å². The number of rotatable bonds is 7. The molecule has 0 N–H and O–H groups in total. The molecule has 0 spiro atoms. The van der Waals surface area contributed by atoms with Gasteiger partial charge in [-0.1, -0.05) is 146 Å². The van der Waals surface area contributed by atoms with Crippen molar-refractivity contribution >= 4 is 16.9 Å². The molecule has 0 bridgehead atoms. The Labute approximate surface area is 312 Å². The summed E-state index contributed by atoms with van der Waals surface area (Å²) < 4.78 is 4.44. The SMILES string of the molecule is c1ccc(-c2ccccc2-n2c(-c3ccc(-c4ccc(C5N=c6cccnc6=[N+]5c5ccccc5-c5ccccc5)cc4)cc3)nc3cccnc32)cc1. The molecule has 54 heavy (non-hydrogen) atoms.